The molecule has 8 heteroatoms. The van der Waals surface area contributed by atoms with E-state index in [4.69, 9.17) is 92.8 Å². The molecule has 0 bridgehead atoms. The van der Waals surface area contributed by atoms with Crippen LogP contribution in [0.5, 0.6) is 0 Å². The molecule has 0 N–H and O–H groups in total. The van der Waals surface area contributed by atoms with E-state index in [9.17, 15) is 0 Å². The Morgan fingerprint density at radius 3 is 1.26 bits per heavy atom. The largest absolute Gasteiger partial charge is 0.121 e. The highest BCUT2D eigenvalue weighted by atomic mass is 35.5. The van der Waals surface area contributed by atoms with Crippen molar-refractivity contribution in [3.63, 3.8) is 0 Å². The minimum Gasteiger partial charge on any atom is -0.121 e. The maximum absolute atomic E-state index is 6.25. The second kappa shape index (κ2) is 6.02. The molecule has 0 saturated heterocycles. The summed E-state index contributed by atoms with van der Waals surface area (Å²) in [5.74, 6) is 0.0710. The molecule has 0 aliphatic heterocycles. The zero-order valence-electron chi connectivity index (χ0n) is 8.73. The van der Waals surface area contributed by atoms with Crippen molar-refractivity contribution in [1.82, 2.24) is 0 Å². The molecule has 0 aromatic heterocycles. The summed E-state index contributed by atoms with van der Waals surface area (Å²) in [7, 11) is 0. The van der Waals surface area contributed by atoms with Gasteiger partial charge in [0.2, 0.25) is 0 Å². The number of fused-ring (bicyclic) bond motifs is 1. The van der Waals surface area contributed by atoms with Crippen LogP contribution in [0, 0.1) is 0 Å². The molecular weight excluding hydrogens is 416 g/mol. The van der Waals surface area contributed by atoms with Gasteiger partial charge in [-0.25, -0.2) is 0 Å². The quantitative estimate of drug-likeness (QED) is 0.249. The number of hydrogen-bond donors (Lipinski definition) is 0. The fraction of sp³-hybridized carbons (Fsp3) is 0.0909. The van der Waals surface area contributed by atoms with E-state index in [0.717, 1.165) is 0 Å². The molecule has 0 aliphatic rings. The highest BCUT2D eigenvalue weighted by Crippen LogP contribution is 2.51. The molecule has 0 heterocycles. The molecule has 2 rings (SSSR count). The van der Waals surface area contributed by atoms with Crippen molar-refractivity contribution in [2.24, 2.45) is 0 Å². The highest BCUT2D eigenvalue weighted by molar-refractivity contribution is 6.59. The zero-order chi connectivity index (χ0) is 14.5. The van der Waals surface area contributed by atoms with Gasteiger partial charge >= 0.3 is 0 Å². The van der Waals surface area contributed by atoms with E-state index < -0.39 is 0 Å². The summed E-state index contributed by atoms with van der Waals surface area (Å²) in [6.45, 7) is 0. The van der Waals surface area contributed by atoms with Crippen molar-refractivity contribution in [3.8, 4) is 0 Å². The van der Waals surface area contributed by atoms with Gasteiger partial charge in [-0.3, -0.25) is 0 Å². The van der Waals surface area contributed by atoms with Crippen molar-refractivity contribution < 1.29 is 0 Å². The minimum atomic E-state index is 0.0710. The number of alkyl halides is 1. The molecule has 0 amide bonds. The lowest BCUT2D eigenvalue weighted by Gasteiger charge is -2.15. The standard InChI is InChI=1S/C11H2Cl8/c12-1-2-5(13)3-4(7(15)6(2)14)9(17)11(19)10(18)8(3)16/h1H2. The molecule has 19 heavy (non-hydrogen) atoms. The van der Waals surface area contributed by atoms with Crippen LogP contribution in [0.25, 0.3) is 10.8 Å². The molecule has 0 aliphatic carbocycles. The molecule has 0 unspecified atom stereocenters. The Morgan fingerprint density at radius 2 is 0.842 bits per heavy atom. The van der Waals surface area contributed by atoms with Gasteiger partial charge in [0.25, 0.3) is 0 Å². The van der Waals surface area contributed by atoms with Crippen LogP contribution >= 0.6 is 92.8 Å². The predicted octanol–water partition coefficient (Wildman–Crippen LogP) is 8.15. The van der Waals surface area contributed by atoms with Crippen LogP contribution in [0.15, 0.2) is 0 Å². The summed E-state index contributed by atoms with van der Waals surface area (Å²) in [6.07, 6.45) is 0. The monoisotopic (exact) mass is 414 g/mol. The minimum absolute atomic E-state index is 0.0710. The van der Waals surface area contributed by atoms with E-state index in [2.05, 4.69) is 0 Å². The van der Waals surface area contributed by atoms with E-state index in [1.807, 2.05) is 0 Å². The lowest BCUT2D eigenvalue weighted by atomic mass is 10.1. The fourth-order valence-corrected chi connectivity index (χ4v) is 4.15. The lowest BCUT2D eigenvalue weighted by Crippen LogP contribution is -1.91. The van der Waals surface area contributed by atoms with Gasteiger partial charge in [0.15, 0.2) is 0 Å². The van der Waals surface area contributed by atoms with E-state index in [1.165, 1.54) is 0 Å². The van der Waals surface area contributed by atoms with Crippen LogP contribution in [-0.2, 0) is 5.88 Å². The molecule has 2 aromatic carbocycles. The Kier molecular flexibility index (Phi) is 5.20. The van der Waals surface area contributed by atoms with Gasteiger partial charge in [0.1, 0.15) is 0 Å². The molecule has 0 atom stereocenters. The Morgan fingerprint density at radius 1 is 0.474 bits per heavy atom. The number of benzene rings is 2. The molecule has 2 aromatic rings. The van der Waals surface area contributed by atoms with Crippen molar-refractivity contribution >= 4 is 104 Å². The van der Waals surface area contributed by atoms with Crippen molar-refractivity contribution in [3.05, 3.63) is 40.7 Å². The van der Waals surface area contributed by atoms with Gasteiger partial charge in [-0.15, -0.1) is 11.6 Å². The Bertz CT molecular complexity index is 692. The summed E-state index contributed by atoms with van der Waals surface area (Å²) in [6, 6.07) is 0. The second-order valence-corrected chi connectivity index (χ2v) is 6.47. The fourth-order valence-electron chi connectivity index (χ4n) is 1.65. The maximum Gasteiger partial charge on any atom is 0.0800 e. The van der Waals surface area contributed by atoms with Crippen LogP contribution in [-0.4, -0.2) is 0 Å². The zero-order valence-corrected chi connectivity index (χ0v) is 14.8. The van der Waals surface area contributed by atoms with Gasteiger partial charge in [-0.1, -0.05) is 81.2 Å². The van der Waals surface area contributed by atoms with Crippen LogP contribution in [0.1, 0.15) is 5.56 Å². The molecule has 0 fully saturated rings. The Labute approximate surface area is 149 Å². The normalized spacial score (nSPS) is 11.4. The maximum atomic E-state index is 6.25. The van der Waals surface area contributed by atoms with Gasteiger partial charge in [-0.2, -0.15) is 0 Å². The molecule has 0 saturated carbocycles. The predicted molar refractivity (Wildman–Crippen MR) is 88.6 cm³/mol. The van der Waals surface area contributed by atoms with Crippen molar-refractivity contribution in [2.45, 2.75) is 5.88 Å². The van der Waals surface area contributed by atoms with Gasteiger partial charge < -0.3 is 0 Å². The molecule has 0 nitrogen and oxygen atoms in total. The van der Waals surface area contributed by atoms with E-state index in [1.54, 1.807) is 0 Å². The third kappa shape index (κ3) is 2.49. The third-order valence-electron chi connectivity index (χ3n) is 2.56. The van der Waals surface area contributed by atoms with Crippen molar-refractivity contribution in [1.29, 1.82) is 0 Å². The summed E-state index contributed by atoms with van der Waals surface area (Å²) in [5, 5.41) is 1.87. The first-order valence-corrected chi connectivity index (χ1v) is 7.87. The number of hydrogen-bond acceptors (Lipinski definition) is 0. The van der Waals surface area contributed by atoms with E-state index >= 15 is 0 Å². The van der Waals surface area contributed by atoms with Gasteiger partial charge in [0, 0.05) is 16.3 Å². The number of halogens is 8. The Balaban J connectivity index is 3.18. The number of rotatable bonds is 1. The van der Waals surface area contributed by atoms with Gasteiger partial charge in [0.05, 0.1) is 41.0 Å². The highest BCUT2D eigenvalue weighted by Gasteiger charge is 2.24. The van der Waals surface area contributed by atoms with Crippen molar-refractivity contribution in [2.75, 3.05) is 0 Å². The first kappa shape index (κ1) is 16.4. The van der Waals surface area contributed by atoms with E-state index in [-0.39, 0.29) is 41.0 Å². The summed E-state index contributed by atoms with van der Waals surface area (Å²) in [4.78, 5) is 0. The molecule has 102 valence electrons. The SMILES string of the molecule is ClCc1c(Cl)c(Cl)c2c(Cl)c(Cl)c(Cl)c(Cl)c2c1Cl. The van der Waals surface area contributed by atoms with Gasteiger partial charge in [-0.05, 0) is 0 Å². The average Bonchev–Trinajstić information content (AvgIpc) is 2.38. The topological polar surface area (TPSA) is 0 Å². The van der Waals surface area contributed by atoms with Crippen LogP contribution in [0.3, 0.4) is 0 Å². The molecular formula is C11H2Cl8. The Hall–Kier alpha value is 1.02. The van der Waals surface area contributed by atoms with Crippen LogP contribution in [0.4, 0.5) is 0 Å². The summed E-state index contributed by atoms with van der Waals surface area (Å²) >= 11 is 48.7. The molecule has 0 spiro atoms. The first-order valence-electron chi connectivity index (χ1n) is 4.69. The second-order valence-electron chi connectivity index (χ2n) is 3.56. The smallest absolute Gasteiger partial charge is 0.0800 e. The lowest BCUT2D eigenvalue weighted by molar-refractivity contribution is 1.42. The summed E-state index contributed by atoms with van der Waals surface area (Å²) in [5.41, 5.74) is 0.457. The first-order chi connectivity index (χ1) is 8.82. The van der Waals surface area contributed by atoms with Crippen LogP contribution < -0.4 is 0 Å². The summed E-state index contributed by atoms with van der Waals surface area (Å²) < 4.78 is 0. The van der Waals surface area contributed by atoms with Crippen LogP contribution in [0.2, 0.25) is 35.2 Å². The third-order valence-corrected chi connectivity index (χ3v) is 5.94. The van der Waals surface area contributed by atoms with E-state index in [0.29, 0.717) is 16.3 Å². The molecule has 0 radical (unpaired) electrons. The average molecular weight is 418 g/mol.